The summed E-state index contributed by atoms with van der Waals surface area (Å²) in [5.74, 6) is 0. The highest BCUT2D eigenvalue weighted by molar-refractivity contribution is 6.31. The summed E-state index contributed by atoms with van der Waals surface area (Å²) in [6.07, 6.45) is 3.71. The van der Waals surface area contributed by atoms with E-state index in [0.29, 0.717) is 10.0 Å². The molecule has 6 heteroatoms. The molecule has 0 saturated carbocycles. The maximum absolute atomic E-state index is 12.8. The van der Waals surface area contributed by atoms with Crippen LogP contribution in [0, 0.1) is 6.92 Å². The lowest BCUT2D eigenvalue weighted by Crippen LogP contribution is -2.33. The van der Waals surface area contributed by atoms with E-state index < -0.39 is 5.54 Å². The first-order valence-corrected chi connectivity index (χ1v) is 11.7. The summed E-state index contributed by atoms with van der Waals surface area (Å²) in [6.45, 7) is 4.22. The van der Waals surface area contributed by atoms with Crippen LogP contribution in [-0.4, -0.2) is 14.1 Å². The van der Waals surface area contributed by atoms with Gasteiger partial charge in [0, 0.05) is 40.4 Å². The lowest BCUT2D eigenvalue weighted by Gasteiger charge is -2.34. The lowest BCUT2D eigenvalue weighted by atomic mass is 9.83. The molecule has 0 bridgehead atoms. The third kappa shape index (κ3) is 3.64. The van der Waals surface area contributed by atoms with Gasteiger partial charge in [0.15, 0.2) is 0 Å². The summed E-state index contributed by atoms with van der Waals surface area (Å²) >= 11 is 12.5. The van der Waals surface area contributed by atoms with E-state index in [4.69, 9.17) is 23.2 Å². The fourth-order valence-electron chi connectivity index (χ4n) is 4.71. The van der Waals surface area contributed by atoms with Gasteiger partial charge in [0.2, 0.25) is 0 Å². The van der Waals surface area contributed by atoms with Crippen molar-refractivity contribution in [3.8, 4) is 11.1 Å². The van der Waals surface area contributed by atoms with Crippen molar-refractivity contribution in [3.05, 3.63) is 123 Å². The zero-order chi connectivity index (χ0) is 24.0. The number of aryl methyl sites for hydroxylation is 2. The van der Waals surface area contributed by atoms with Crippen molar-refractivity contribution in [1.82, 2.24) is 14.1 Å². The van der Waals surface area contributed by atoms with Crippen molar-refractivity contribution in [1.29, 1.82) is 0 Å². The van der Waals surface area contributed by atoms with Crippen LogP contribution in [0.1, 0.15) is 23.7 Å². The molecule has 1 unspecified atom stereocenters. The molecule has 0 radical (unpaired) electrons. The number of hydrogen-bond donors (Lipinski definition) is 0. The number of aromatic nitrogens is 3. The molecule has 0 aliphatic rings. The van der Waals surface area contributed by atoms with Gasteiger partial charge in [-0.1, -0.05) is 53.5 Å². The monoisotopic (exact) mass is 487 g/mol. The van der Waals surface area contributed by atoms with E-state index in [1.54, 1.807) is 17.7 Å². The van der Waals surface area contributed by atoms with Gasteiger partial charge in [-0.3, -0.25) is 4.79 Å². The first-order valence-electron chi connectivity index (χ1n) is 10.9. The second-order valence-electron chi connectivity index (χ2n) is 8.68. The first-order chi connectivity index (χ1) is 16.3. The normalized spacial score (nSPS) is 13.2. The molecule has 5 rings (SSSR count). The molecule has 0 fully saturated rings. The van der Waals surface area contributed by atoms with Crippen molar-refractivity contribution in [2.24, 2.45) is 7.05 Å². The molecule has 0 amide bonds. The topological polar surface area (TPSA) is 39.8 Å². The number of benzene rings is 3. The smallest absolute Gasteiger partial charge is 0.251 e. The third-order valence-electron chi connectivity index (χ3n) is 6.66. The molecular weight excluding hydrogens is 465 g/mol. The number of hydrogen-bond acceptors (Lipinski definition) is 2. The van der Waals surface area contributed by atoms with Crippen LogP contribution in [-0.2, 0) is 12.6 Å². The molecular formula is C28H23Cl2N3O. The minimum absolute atomic E-state index is 0.0684. The molecule has 5 aromatic rings. The molecule has 0 saturated heterocycles. The highest BCUT2D eigenvalue weighted by atomic mass is 35.5. The van der Waals surface area contributed by atoms with E-state index in [2.05, 4.69) is 28.6 Å². The standard InChI is InChI=1S/C28H23Cl2N3O/c1-18-16-31-17-33(18)28(2,20-7-10-22(29)11-8-20)21-9-12-26-25(14-21)24(15-27(34)32(26)3)19-5-4-6-23(30)13-19/h4-17H,1-3H3. The third-order valence-corrected chi connectivity index (χ3v) is 7.14. The molecule has 34 heavy (non-hydrogen) atoms. The Hall–Kier alpha value is -3.34. The Morgan fingerprint density at radius 1 is 0.882 bits per heavy atom. The van der Waals surface area contributed by atoms with E-state index in [1.165, 1.54) is 0 Å². The summed E-state index contributed by atoms with van der Waals surface area (Å²) in [6, 6.07) is 23.4. The van der Waals surface area contributed by atoms with Crippen molar-refractivity contribution in [2.45, 2.75) is 19.4 Å². The van der Waals surface area contributed by atoms with E-state index in [9.17, 15) is 4.79 Å². The lowest BCUT2D eigenvalue weighted by molar-refractivity contribution is 0.466. The molecule has 2 aromatic heterocycles. The molecule has 170 valence electrons. The zero-order valence-corrected chi connectivity index (χ0v) is 20.6. The van der Waals surface area contributed by atoms with Crippen LogP contribution in [0.3, 0.4) is 0 Å². The summed E-state index contributed by atoms with van der Waals surface area (Å²) in [4.78, 5) is 17.2. The van der Waals surface area contributed by atoms with Gasteiger partial charge in [-0.05, 0) is 72.5 Å². The molecule has 4 nitrogen and oxygen atoms in total. The molecule has 0 N–H and O–H groups in total. The number of pyridine rings is 1. The Morgan fingerprint density at radius 2 is 1.62 bits per heavy atom. The number of fused-ring (bicyclic) bond motifs is 1. The van der Waals surface area contributed by atoms with Crippen LogP contribution in [0.15, 0.2) is 90.1 Å². The zero-order valence-electron chi connectivity index (χ0n) is 19.1. The van der Waals surface area contributed by atoms with Gasteiger partial charge in [-0.2, -0.15) is 0 Å². The van der Waals surface area contributed by atoms with Crippen molar-refractivity contribution in [3.63, 3.8) is 0 Å². The van der Waals surface area contributed by atoms with Crippen molar-refractivity contribution in [2.75, 3.05) is 0 Å². The number of rotatable bonds is 4. The van der Waals surface area contributed by atoms with Crippen molar-refractivity contribution >= 4 is 34.1 Å². The van der Waals surface area contributed by atoms with Gasteiger partial charge in [-0.15, -0.1) is 0 Å². The molecule has 0 spiro atoms. The summed E-state index contributed by atoms with van der Waals surface area (Å²) in [5.41, 5.74) is 5.15. The van der Waals surface area contributed by atoms with Crippen LogP contribution < -0.4 is 5.56 Å². The minimum Gasteiger partial charge on any atom is -0.321 e. The minimum atomic E-state index is -0.556. The Morgan fingerprint density at radius 3 is 2.29 bits per heavy atom. The van der Waals surface area contributed by atoms with E-state index >= 15 is 0 Å². The van der Waals surface area contributed by atoms with Gasteiger partial charge in [0.05, 0.1) is 17.4 Å². The maximum Gasteiger partial charge on any atom is 0.251 e. The molecule has 3 aromatic carbocycles. The fraction of sp³-hybridized carbons (Fsp3) is 0.143. The van der Waals surface area contributed by atoms with E-state index in [-0.39, 0.29) is 5.56 Å². The van der Waals surface area contributed by atoms with Gasteiger partial charge in [-0.25, -0.2) is 4.98 Å². The highest BCUT2D eigenvalue weighted by Crippen LogP contribution is 2.38. The van der Waals surface area contributed by atoms with Crippen LogP contribution in [0.25, 0.3) is 22.0 Å². The number of nitrogens with zero attached hydrogens (tertiary/aromatic N) is 3. The predicted molar refractivity (Wildman–Crippen MR) is 140 cm³/mol. The van der Waals surface area contributed by atoms with E-state index in [1.807, 2.05) is 74.0 Å². The summed E-state index contributed by atoms with van der Waals surface area (Å²) in [5, 5.41) is 2.28. The van der Waals surface area contributed by atoms with Crippen LogP contribution >= 0.6 is 23.2 Å². The Bertz CT molecular complexity index is 1580. The quantitative estimate of drug-likeness (QED) is 0.278. The highest BCUT2D eigenvalue weighted by Gasteiger charge is 2.32. The van der Waals surface area contributed by atoms with Gasteiger partial charge >= 0.3 is 0 Å². The van der Waals surface area contributed by atoms with Gasteiger partial charge in [0.1, 0.15) is 0 Å². The number of halogens is 2. The second-order valence-corrected chi connectivity index (χ2v) is 9.55. The molecule has 2 heterocycles. The van der Waals surface area contributed by atoms with Gasteiger partial charge in [0.25, 0.3) is 5.56 Å². The average molecular weight is 488 g/mol. The SMILES string of the molecule is Cc1cncn1C(C)(c1ccc(Cl)cc1)c1ccc2c(c1)c(-c1cccc(Cl)c1)cc(=O)n2C. The maximum atomic E-state index is 12.8. The van der Waals surface area contributed by atoms with Gasteiger partial charge < -0.3 is 9.13 Å². The fourth-order valence-corrected chi connectivity index (χ4v) is 5.02. The first kappa shape index (κ1) is 22.5. The molecule has 0 aliphatic heterocycles. The van der Waals surface area contributed by atoms with Crippen LogP contribution in [0.5, 0.6) is 0 Å². The Labute approximate surface area is 208 Å². The average Bonchev–Trinajstić information content (AvgIpc) is 3.27. The predicted octanol–water partition coefficient (Wildman–Crippen LogP) is 6.83. The van der Waals surface area contributed by atoms with Crippen LogP contribution in [0.4, 0.5) is 0 Å². The summed E-state index contributed by atoms with van der Waals surface area (Å²) in [7, 11) is 1.80. The largest absolute Gasteiger partial charge is 0.321 e. The Balaban J connectivity index is 1.84. The number of imidazole rings is 1. The summed E-state index contributed by atoms with van der Waals surface area (Å²) < 4.78 is 3.84. The van der Waals surface area contributed by atoms with E-state index in [0.717, 1.165) is 38.9 Å². The van der Waals surface area contributed by atoms with Crippen LogP contribution in [0.2, 0.25) is 10.0 Å². The van der Waals surface area contributed by atoms with Crippen molar-refractivity contribution < 1.29 is 0 Å². The molecule has 1 atom stereocenters. The Kier molecular flexibility index (Phi) is 5.59. The molecule has 0 aliphatic carbocycles. The second kappa shape index (κ2) is 8.46.